The van der Waals surface area contributed by atoms with Crippen LogP contribution in [0.4, 0.5) is 29.3 Å². The van der Waals surface area contributed by atoms with E-state index >= 15 is 0 Å². The first kappa shape index (κ1) is 20.5. The Morgan fingerprint density at radius 3 is 2.29 bits per heavy atom. The van der Waals surface area contributed by atoms with Gasteiger partial charge in [0.25, 0.3) is 0 Å². The molecule has 4 rings (SSSR count). The minimum atomic E-state index is -4.48. The molecule has 0 bridgehead atoms. The molecule has 2 amide bonds. The van der Waals surface area contributed by atoms with Crippen LogP contribution in [0.5, 0.6) is 0 Å². The number of ether oxygens (including phenoxy) is 1. The molecule has 0 radical (unpaired) electrons. The standard InChI is InChI=1S/C23H18F3N3O2/c24-23(25,26)17-9-5-11-19(13-17)28-22(30)27-18-10-4-8-16(12-18)21-29-20(14-31-21)15-6-2-1-3-7-15/h1-13,20H,14H2,(H2,27,28,30)/t20-/m0/s1. The Morgan fingerprint density at radius 1 is 0.903 bits per heavy atom. The van der Waals surface area contributed by atoms with Crippen LogP contribution in [-0.2, 0) is 10.9 Å². The van der Waals surface area contributed by atoms with Gasteiger partial charge in [0.15, 0.2) is 0 Å². The third-order valence-electron chi connectivity index (χ3n) is 4.65. The first-order valence-electron chi connectivity index (χ1n) is 9.50. The largest absolute Gasteiger partial charge is 0.475 e. The number of carbonyl (C=O) groups excluding carboxylic acids is 1. The van der Waals surface area contributed by atoms with Crippen LogP contribution >= 0.6 is 0 Å². The topological polar surface area (TPSA) is 62.7 Å². The number of hydrogen-bond donors (Lipinski definition) is 2. The zero-order valence-corrected chi connectivity index (χ0v) is 16.2. The van der Waals surface area contributed by atoms with Gasteiger partial charge < -0.3 is 15.4 Å². The Hall–Kier alpha value is -3.81. The second kappa shape index (κ2) is 8.51. The fourth-order valence-electron chi connectivity index (χ4n) is 3.17. The Balaban J connectivity index is 1.44. The molecule has 0 aliphatic carbocycles. The number of halogens is 3. The van der Waals surface area contributed by atoms with Crippen LogP contribution in [0.1, 0.15) is 22.7 Å². The van der Waals surface area contributed by atoms with Gasteiger partial charge in [0, 0.05) is 16.9 Å². The third-order valence-corrected chi connectivity index (χ3v) is 4.65. The van der Waals surface area contributed by atoms with Crippen LogP contribution in [0, 0.1) is 0 Å². The van der Waals surface area contributed by atoms with Crippen molar-refractivity contribution in [2.45, 2.75) is 12.2 Å². The molecule has 0 unspecified atom stereocenters. The maximum atomic E-state index is 12.8. The summed E-state index contributed by atoms with van der Waals surface area (Å²) in [6.45, 7) is 0.424. The van der Waals surface area contributed by atoms with Crippen LogP contribution in [0.25, 0.3) is 0 Å². The van der Waals surface area contributed by atoms with E-state index in [9.17, 15) is 18.0 Å². The third kappa shape index (κ3) is 5.03. The van der Waals surface area contributed by atoms with E-state index in [-0.39, 0.29) is 11.7 Å². The number of anilines is 2. The number of alkyl halides is 3. The van der Waals surface area contributed by atoms with Crippen LogP contribution in [0.3, 0.4) is 0 Å². The van der Waals surface area contributed by atoms with Gasteiger partial charge in [0.2, 0.25) is 5.90 Å². The Morgan fingerprint density at radius 2 is 1.58 bits per heavy atom. The number of nitrogens with zero attached hydrogens (tertiary/aromatic N) is 1. The summed E-state index contributed by atoms with van der Waals surface area (Å²) in [7, 11) is 0. The van der Waals surface area contributed by atoms with Crippen molar-refractivity contribution < 1.29 is 22.7 Å². The maximum absolute atomic E-state index is 12.8. The number of nitrogens with one attached hydrogen (secondary N) is 2. The molecule has 2 N–H and O–H groups in total. The van der Waals surface area contributed by atoms with Gasteiger partial charge in [0.05, 0.1) is 5.56 Å². The molecule has 3 aromatic carbocycles. The van der Waals surface area contributed by atoms with Crippen LogP contribution in [0.15, 0.2) is 83.9 Å². The van der Waals surface area contributed by atoms with E-state index in [1.165, 1.54) is 12.1 Å². The van der Waals surface area contributed by atoms with Crippen molar-refractivity contribution >= 4 is 23.3 Å². The minimum Gasteiger partial charge on any atom is -0.475 e. The Labute approximate surface area is 176 Å². The van der Waals surface area contributed by atoms with Gasteiger partial charge in [-0.2, -0.15) is 13.2 Å². The molecule has 3 aromatic rings. The lowest BCUT2D eigenvalue weighted by Gasteiger charge is -2.11. The van der Waals surface area contributed by atoms with Gasteiger partial charge in [-0.1, -0.05) is 42.5 Å². The van der Waals surface area contributed by atoms with Gasteiger partial charge >= 0.3 is 12.2 Å². The van der Waals surface area contributed by atoms with Crippen molar-refractivity contribution in [3.63, 3.8) is 0 Å². The molecule has 158 valence electrons. The molecule has 0 saturated heterocycles. The van der Waals surface area contributed by atoms with E-state index in [1.54, 1.807) is 18.2 Å². The number of aliphatic imine (C=N–C) groups is 1. The fraction of sp³-hybridized carbons (Fsp3) is 0.130. The molecule has 31 heavy (non-hydrogen) atoms. The first-order chi connectivity index (χ1) is 14.9. The lowest BCUT2D eigenvalue weighted by molar-refractivity contribution is -0.137. The summed E-state index contributed by atoms with van der Waals surface area (Å²) in [4.78, 5) is 16.9. The van der Waals surface area contributed by atoms with Crippen molar-refractivity contribution in [3.8, 4) is 0 Å². The number of benzene rings is 3. The van der Waals surface area contributed by atoms with Crippen molar-refractivity contribution in [2.24, 2.45) is 4.99 Å². The molecule has 8 heteroatoms. The van der Waals surface area contributed by atoms with Gasteiger partial charge in [-0.05, 0) is 42.0 Å². The lowest BCUT2D eigenvalue weighted by Crippen LogP contribution is -2.20. The molecule has 0 spiro atoms. The number of urea groups is 1. The monoisotopic (exact) mass is 425 g/mol. The molecule has 1 aliphatic rings. The molecule has 5 nitrogen and oxygen atoms in total. The molecular formula is C23H18F3N3O2. The summed E-state index contributed by atoms with van der Waals surface area (Å²) in [6, 6.07) is 20.4. The van der Waals surface area contributed by atoms with Crippen LogP contribution in [0.2, 0.25) is 0 Å². The summed E-state index contributed by atoms with van der Waals surface area (Å²) in [5.74, 6) is 0.468. The van der Waals surface area contributed by atoms with Gasteiger partial charge in [0.1, 0.15) is 12.6 Å². The average molecular weight is 425 g/mol. The SMILES string of the molecule is O=C(Nc1cccc(C2=N[C@H](c3ccccc3)CO2)c1)Nc1cccc(C(F)(F)F)c1. The van der Waals surface area contributed by atoms with Gasteiger partial charge in [-0.3, -0.25) is 0 Å². The quantitative estimate of drug-likeness (QED) is 0.549. The molecule has 1 heterocycles. The van der Waals surface area contributed by atoms with E-state index in [4.69, 9.17) is 4.74 Å². The predicted octanol–water partition coefficient (Wildman–Crippen LogP) is 5.87. The van der Waals surface area contributed by atoms with E-state index in [0.29, 0.717) is 23.8 Å². The number of amides is 2. The van der Waals surface area contributed by atoms with E-state index in [1.807, 2.05) is 36.4 Å². The fourth-order valence-corrected chi connectivity index (χ4v) is 3.17. The molecule has 1 atom stereocenters. The van der Waals surface area contributed by atoms with Crippen LogP contribution in [-0.4, -0.2) is 18.5 Å². The van der Waals surface area contributed by atoms with Gasteiger partial charge in [-0.15, -0.1) is 0 Å². The van der Waals surface area contributed by atoms with Crippen molar-refractivity contribution in [3.05, 3.63) is 95.6 Å². The zero-order chi connectivity index (χ0) is 21.8. The highest BCUT2D eigenvalue weighted by atomic mass is 19.4. The average Bonchev–Trinajstić information content (AvgIpc) is 3.24. The highest BCUT2D eigenvalue weighted by molar-refractivity contribution is 6.01. The van der Waals surface area contributed by atoms with E-state index < -0.39 is 17.8 Å². The summed E-state index contributed by atoms with van der Waals surface area (Å²) in [6.07, 6.45) is -4.48. The second-order valence-corrected chi connectivity index (χ2v) is 6.91. The molecule has 0 saturated carbocycles. The molecule has 0 fully saturated rings. The molecule has 0 aromatic heterocycles. The summed E-state index contributed by atoms with van der Waals surface area (Å²) >= 11 is 0. The Bertz CT molecular complexity index is 1110. The minimum absolute atomic E-state index is 0.0395. The lowest BCUT2D eigenvalue weighted by atomic mass is 10.1. The second-order valence-electron chi connectivity index (χ2n) is 6.91. The van der Waals surface area contributed by atoms with E-state index in [2.05, 4.69) is 15.6 Å². The predicted molar refractivity (Wildman–Crippen MR) is 112 cm³/mol. The number of rotatable bonds is 4. The van der Waals surface area contributed by atoms with Crippen molar-refractivity contribution in [1.29, 1.82) is 0 Å². The number of carbonyl (C=O) groups is 1. The van der Waals surface area contributed by atoms with Crippen molar-refractivity contribution in [2.75, 3.05) is 17.2 Å². The number of hydrogen-bond acceptors (Lipinski definition) is 3. The highest BCUT2D eigenvalue weighted by Gasteiger charge is 2.30. The highest BCUT2D eigenvalue weighted by Crippen LogP contribution is 2.31. The first-order valence-corrected chi connectivity index (χ1v) is 9.50. The van der Waals surface area contributed by atoms with Crippen molar-refractivity contribution in [1.82, 2.24) is 0 Å². The summed E-state index contributed by atoms with van der Waals surface area (Å²) in [5, 5.41) is 5.02. The smallest absolute Gasteiger partial charge is 0.416 e. The van der Waals surface area contributed by atoms with Gasteiger partial charge in [-0.25, -0.2) is 9.79 Å². The normalized spacial score (nSPS) is 15.7. The summed E-state index contributed by atoms with van der Waals surface area (Å²) < 4.78 is 44.2. The summed E-state index contributed by atoms with van der Waals surface area (Å²) in [5.41, 5.74) is 1.40. The zero-order valence-electron chi connectivity index (χ0n) is 16.2. The Kier molecular flexibility index (Phi) is 5.62. The van der Waals surface area contributed by atoms with E-state index in [0.717, 1.165) is 17.7 Å². The molecule has 1 aliphatic heterocycles. The maximum Gasteiger partial charge on any atom is 0.416 e. The van der Waals surface area contributed by atoms with Crippen LogP contribution < -0.4 is 10.6 Å². The molecular weight excluding hydrogens is 407 g/mol.